The minimum atomic E-state index is 0.856. The summed E-state index contributed by atoms with van der Waals surface area (Å²) in [5.41, 5.74) is 4.08. The summed E-state index contributed by atoms with van der Waals surface area (Å²) in [6.45, 7) is 5.00. The van der Waals surface area contributed by atoms with Gasteiger partial charge in [0, 0.05) is 36.4 Å². The molecule has 2 aromatic rings. The lowest BCUT2D eigenvalue weighted by molar-refractivity contribution is 0.690. The lowest BCUT2D eigenvalue weighted by Crippen LogP contribution is -2.12. The third kappa shape index (κ3) is 2.96. The first-order chi connectivity index (χ1) is 9.35. The van der Waals surface area contributed by atoms with Crippen molar-refractivity contribution in [2.45, 2.75) is 32.9 Å². The summed E-state index contributed by atoms with van der Waals surface area (Å²) < 4.78 is 0. The van der Waals surface area contributed by atoms with Crippen molar-refractivity contribution in [2.75, 3.05) is 11.9 Å². The molecule has 0 unspecified atom stereocenters. The van der Waals surface area contributed by atoms with E-state index in [9.17, 15) is 0 Å². The number of nitrogens with zero attached hydrogens (tertiary/aromatic N) is 1. The summed E-state index contributed by atoms with van der Waals surface area (Å²) in [6, 6.07) is 6.72. The average molecular weight is 273 g/mol. The third-order valence-corrected chi connectivity index (χ3v) is 4.58. The van der Waals surface area contributed by atoms with Crippen molar-refractivity contribution >= 4 is 17.0 Å². The van der Waals surface area contributed by atoms with Gasteiger partial charge in [-0.15, -0.1) is 11.3 Å². The van der Waals surface area contributed by atoms with Crippen LogP contribution in [0.25, 0.3) is 0 Å². The quantitative estimate of drug-likeness (QED) is 0.879. The predicted molar refractivity (Wildman–Crippen MR) is 80.7 cm³/mol. The first-order valence-corrected chi connectivity index (χ1v) is 7.67. The number of aromatic nitrogens is 1. The maximum absolute atomic E-state index is 4.42. The van der Waals surface area contributed by atoms with E-state index in [0.717, 1.165) is 32.5 Å². The maximum Gasteiger partial charge on any atom is 0.107 e. The summed E-state index contributed by atoms with van der Waals surface area (Å²) in [5.74, 6) is 0. The first kappa shape index (κ1) is 12.6. The zero-order valence-corrected chi connectivity index (χ0v) is 12.0. The Morgan fingerprint density at radius 1 is 1.37 bits per heavy atom. The van der Waals surface area contributed by atoms with Gasteiger partial charge in [-0.2, -0.15) is 0 Å². The number of nitrogens with one attached hydrogen (secondary N) is 2. The Hall–Kier alpha value is -1.39. The van der Waals surface area contributed by atoms with Gasteiger partial charge < -0.3 is 10.6 Å². The summed E-state index contributed by atoms with van der Waals surface area (Å²) in [4.78, 5) is 5.78. The molecule has 0 aliphatic carbocycles. The van der Waals surface area contributed by atoms with Crippen LogP contribution in [0.15, 0.2) is 24.4 Å². The fourth-order valence-electron chi connectivity index (χ4n) is 2.35. The van der Waals surface area contributed by atoms with Crippen LogP contribution in [0.1, 0.15) is 27.9 Å². The van der Waals surface area contributed by atoms with Crippen LogP contribution >= 0.6 is 11.3 Å². The Balaban J connectivity index is 1.54. The zero-order chi connectivity index (χ0) is 13.1. The highest BCUT2D eigenvalue weighted by Gasteiger charge is 2.09. The van der Waals surface area contributed by atoms with Crippen LogP contribution < -0.4 is 10.6 Å². The number of fused-ring (bicyclic) bond motifs is 1. The van der Waals surface area contributed by atoms with Gasteiger partial charge in [0.1, 0.15) is 5.01 Å². The first-order valence-electron chi connectivity index (χ1n) is 6.85. The second-order valence-electron chi connectivity index (χ2n) is 4.85. The number of aryl methyl sites for hydroxylation is 1. The molecule has 3 nitrogen and oxygen atoms in total. The molecule has 2 N–H and O–H groups in total. The molecular formula is C15H19N3S. The molecule has 0 saturated heterocycles. The van der Waals surface area contributed by atoms with Gasteiger partial charge in [0.15, 0.2) is 0 Å². The number of thiazole rings is 1. The third-order valence-electron chi connectivity index (χ3n) is 3.44. The van der Waals surface area contributed by atoms with Gasteiger partial charge in [-0.3, -0.25) is 0 Å². The largest absolute Gasteiger partial charge is 0.384 e. The van der Waals surface area contributed by atoms with E-state index in [1.54, 1.807) is 11.3 Å². The lowest BCUT2D eigenvalue weighted by Gasteiger charge is -2.06. The van der Waals surface area contributed by atoms with Crippen molar-refractivity contribution in [2.24, 2.45) is 0 Å². The Kier molecular flexibility index (Phi) is 3.80. The number of benzene rings is 1. The molecular weight excluding hydrogens is 254 g/mol. The maximum atomic E-state index is 4.42. The van der Waals surface area contributed by atoms with E-state index in [2.05, 4.69) is 40.7 Å². The Morgan fingerprint density at radius 3 is 3.16 bits per heavy atom. The van der Waals surface area contributed by atoms with Gasteiger partial charge in [0.25, 0.3) is 0 Å². The highest BCUT2D eigenvalue weighted by Crippen LogP contribution is 2.23. The molecule has 0 fully saturated rings. The summed E-state index contributed by atoms with van der Waals surface area (Å²) >= 11 is 1.80. The minimum absolute atomic E-state index is 0.856. The van der Waals surface area contributed by atoms with E-state index in [0.29, 0.717) is 0 Å². The number of anilines is 1. The van der Waals surface area contributed by atoms with Gasteiger partial charge in [0.2, 0.25) is 0 Å². The number of hydrogen-bond acceptors (Lipinski definition) is 4. The standard InChI is InChI=1S/C15H19N3S/c1-2-13-9-18-15(19-13)10-16-8-11-3-4-12-5-6-17-14(12)7-11/h3-4,7,9,16-17H,2,5-6,8,10H2,1H3. The van der Waals surface area contributed by atoms with Crippen molar-refractivity contribution in [3.63, 3.8) is 0 Å². The average Bonchev–Trinajstić information content (AvgIpc) is 3.06. The molecule has 1 aromatic heterocycles. The highest BCUT2D eigenvalue weighted by atomic mass is 32.1. The molecule has 0 atom stereocenters. The van der Waals surface area contributed by atoms with Crippen molar-refractivity contribution in [3.05, 3.63) is 45.4 Å². The fraction of sp³-hybridized carbons (Fsp3) is 0.400. The smallest absolute Gasteiger partial charge is 0.107 e. The molecule has 0 spiro atoms. The van der Waals surface area contributed by atoms with Crippen molar-refractivity contribution in [3.8, 4) is 0 Å². The topological polar surface area (TPSA) is 37.0 Å². The molecule has 1 aliphatic rings. The van der Waals surface area contributed by atoms with Gasteiger partial charge in [-0.05, 0) is 30.0 Å². The number of rotatable bonds is 5. The van der Waals surface area contributed by atoms with Crippen molar-refractivity contribution in [1.82, 2.24) is 10.3 Å². The molecule has 4 heteroatoms. The van der Waals surface area contributed by atoms with Gasteiger partial charge in [-0.25, -0.2) is 4.98 Å². The zero-order valence-electron chi connectivity index (χ0n) is 11.2. The van der Waals surface area contributed by atoms with Crippen LogP contribution in [0.5, 0.6) is 0 Å². The van der Waals surface area contributed by atoms with Crippen LogP contribution in [0.2, 0.25) is 0 Å². The molecule has 0 bridgehead atoms. The fourth-order valence-corrected chi connectivity index (χ4v) is 3.19. The van der Waals surface area contributed by atoms with E-state index in [4.69, 9.17) is 0 Å². The molecule has 0 saturated carbocycles. The van der Waals surface area contributed by atoms with Crippen LogP contribution in [-0.4, -0.2) is 11.5 Å². The van der Waals surface area contributed by atoms with Crippen molar-refractivity contribution < 1.29 is 0 Å². The molecule has 1 aliphatic heterocycles. The van der Waals surface area contributed by atoms with Crippen LogP contribution in [0.4, 0.5) is 5.69 Å². The Labute approximate surface area is 118 Å². The summed E-state index contributed by atoms with van der Waals surface area (Å²) in [7, 11) is 0. The Bertz CT molecular complexity index is 562. The SMILES string of the molecule is CCc1cnc(CNCc2ccc3c(c2)NCC3)s1. The molecule has 19 heavy (non-hydrogen) atoms. The van der Waals surface area contributed by atoms with E-state index < -0.39 is 0 Å². The van der Waals surface area contributed by atoms with Gasteiger partial charge in [0.05, 0.1) is 0 Å². The van der Waals surface area contributed by atoms with Crippen LogP contribution in [-0.2, 0) is 25.9 Å². The molecule has 100 valence electrons. The van der Waals surface area contributed by atoms with Crippen LogP contribution in [0.3, 0.4) is 0 Å². The molecule has 0 amide bonds. The van der Waals surface area contributed by atoms with E-state index in [1.165, 1.54) is 26.7 Å². The normalized spacial score (nSPS) is 13.3. The second-order valence-corrected chi connectivity index (χ2v) is 6.05. The van der Waals surface area contributed by atoms with E-state index in [-0.39, 0.29) is 0 Å². The Morgan fingerprint density at radius 2 is 2.32 bits per heavy atom. The van der Waals surface area contributed by atoms with Crippen molar-refractivity contribution in [1.29, 1.82) is 0 Å². The highest BCUT2D eigenvalue weighted by molar-refractivity contribution is 7.11. The minimum Gasteiger partial charge on any atom is -0.384 e. The predicted octanol–water partition coefficient (Wildman–Crippen LogP) is 2.96. The second kappa shape index (κ2) is 5.72. The summed E-state index contributed by atoms with van der Waals surface area (Å²) in [6.07, 6.45) is 4.22. The van der Waals surface area contributed by atoms with Gasteiger partial charge in [-0.1, -0.05) is 19.1 Å². The number of hydrogen-bond donors (Lipinski definition) is 2. The van der Waals surface area contributed by atoms with Crippen LogP contribution in [0, 0.1) is 0 Å². The molecule has 2 heterocycles. The summed E-state index contributed by atoms with van der Waals surface area (Å²) in [5, 5.41) is 8.07. The lowest BCUT2D eigenvalue weighted by atomic mass is 10.1. The van der Waals surface area contributed by atoms with Gasteiger partial charge >= 0.3 is 0 Å². The molecule has 3 rings (SSSR count). The van der Waals surface area contributed by atoms with E-state index >= 15 is 0 Å². The molecule has 0 radical (unpaired) electrons. The van der Waals surface area contributed by atoms with E-state index in [1.807, 2.05) is 6.20 Å². The monoisotopic (exact) mass is 273 g/mol. The molecule has 1 aromatic carbocycles.